The normalized spacial score (nSPS) is 25.6. The van der Waals surface area contributed by atoms with Crippen LogP contribution in [0.1, 0.15) is 46.3 Å². The van der Waals surface area contributed by atoms with E-state index in [4.69, 9.17) is 0 Å². The molecule has 5 heteroatoms. The van der Waals surface area contributed by atoms with Gasteiger partial charge in [-0.25, -0.2) is 0 Å². The van der Waals surface area contributed by atoms with Crippen molar-refractivity contribution < 1.29 is 4.79 Å². The van der Waals surface area contributed by atoms with Gasteiger partial charge < -0.3 is 9.47 Å². The van der Waals surface area contributed by atoms with Crippen molar-refractivity contribution in [3.05, 3.63) is 23.3 Å². The van der Waals surface area contributed by atoms with Crippen LogP contribution in [0.15, 0.2) is 11.6 Å². The Morgan fingerprint density at radius 3 is 2.68 bits per heavy atom. The highest BCUT2D eigenvalue weighted by atomic mass is 16.2. The number of aryl methyl sites for hydroxylation is 1. The van der Waals surface area contributed by atoms with Crippen molar-refractivity contribution in [3.63, 3.8) is 0 Å². The average molecular weight is 302 g/mol. The number of hydrogen-bond acceptors (Lipinski definition) is 3. The fourth-order valence-electron chi connectivity index (χ4n) is 3.68. The Labute approximate surface area is 132 Å². The number of hydrogen-bond donors (Lipinski definition) is 0. The van der Waals surface area contributed by atoms with Gasteiger partial charge in [-0.05, 0) is 25.2 Å². The Kier molecular flexibility index (Phi) is 3.62. The summed E-state index contributed by atoms with van der Waals surface area (Å²) < 4.78 is 2.16. The molecule has 120 valence electrons. The van der Waals surface area contributed by atoms with E-state index in [1.807, 2.05) is 4.90 Å². The maximum Gasteiger partial charge on any atom is 0.227 e. The predicted molar refractivity (Wildman–Crippen MR) is 85.0 cm³/mol. The summed E-state index contributed by atoms with van der Waals surface area (Å²) in [5.41, 5.74) is 1.37. The van der Waals surface area contributed by atoms with Crippen molar-refractivity contribution in [1.82, 2.24) is 19.7 Å². The zero-order chi connectivity index (χ0) is 16.1. The molecule has 1 aromatic heterocycles. The lowest BCUT2D eigenvalue weighted by Crippen LogP contribution is -2.40. The molecule has 5 nitrogen and oxygen atoms in total. The number of amides is 1. The largest absolute Gasteiger partial charge is 0.333 e. The van der Waals surface area contributed by atoms with Crippen molar-refractivity contribution in [1.29, 1.82) is 0 Å². The molecule has 0 bridgehead atoms. The number of carbonyl (C=O) groups is 1. The van der Waals surface area contributed by atoms with Crippen LogP contribution in [0.4, 0.5) is 0 Å². The first-order valence-electron chi connectivity index (χ1n) is 8.21. The van der Waals surface area contributed by atoms with E-state index in [9.17, 15) is 4.79 Å². The lowest BCUT2D eigenvalue weighted by atomic mass is 10.1. The molecule has 1 saturated carbocycles. The molecule has 1 aliphatic heterocycles. The molecular formula is C17H26N4O. The Morgan fingerprint density at radius 2 is 2.05 bits per heavy atom. The highest BCUT2D eigenvalue weighted by Crippen LogP contribution is 2.60. The lowest BCUT2D eigenvalue weighted by Gasteiger charge is -2.28. The van der Waals surface area contributed by atoms with Crippen LogP contribution in [0.3, 0.4) is 0 Å². The van der Waals surface area contributed by atoms with Crippen molar-refractivity contribution in [3.8, 4) is 0 Å². The van der Waals surface area contributed by atoms with E-state index in [0.717, 1.165) is 31.2 Å². The summed E-state index contributed by atoms with van der Waals surface area (Å²) in [5, 5.41) is 8.47. The molecule has 0 spiro atoms. The van der Waals surface area contributed by atoms with Gasteiger partial charge in [-0.15, -0.1) is 10.2 Å². The summed E-state index contributed by atoms with van der Waals surface area (Å²) in [6, 6.07) is 0. The number of allylic oxidation sites excluding steroid dienone is 2. The molecule has 3 rings (SSSR count). The van der Waals surface area contributed by atoms with Gasteiger partial charge in [0.2, 0.25) is 5.91 Å². The van der Waals surface area contributed by atoms with E-state index < -0.39 is 0 Å². The second-order valence-electron chi connectivity index (χ2n) is 7.37. The second kappa shape index (κ2) is 5.21. The summed E-state index contributed by atoms with van der Waals surface area (Å²) in [6.07, 6.45) is 3.14. The predicted octanol–water partition coefficient (Wildman–Crippen LogP) is 2.42. The molecule has 2 aliphatic rings. The highest BCUT2D eigenvalue weighted by Gasteiger charge is 2.61. The molecule has 1 aliphatic carbocycles. The zero-order valence-electron chi connectivity index (χ0n) is 14.3. The van der Waals surface area contributed by atoms with Gasteiger partial charge in [0.1, 0.15) is 5.82 Å². The van der Waals surface area contributed by atoms with Crippen LogP contribution < -0.4 is 0 Å². The van der Waals surface area contributed by atoms with Crippen LogP contribution >= 0.6 is 0 Å². The number of aromatic nitrogens is 3. The average Bonchev–Trinajstić information content (AvgIpc) is 2.84. The molecule has 0 N–H and O–H groups in total. The number of rotatable bonds is 3. The van der Waals surface area contributed by atoms with E-state index in [2.05, 4.69) is 55.5 Å². The number of carbonyl (C=O) groups excluding carboxylic acids is 1. The lowest BCUT2D eigenvalue weighted by molar-refractivity contribution is -0.135. The van der Waals surface area contributed by atoms with Gasteiger partial charge in [0.25, 0.3) is 0 Å². The van der Waals surface area contributed by atoms with Crippen LogP contribution in [0.5, 0.6) is 0 Å². The molecule has 0 saturated heterocycles. The Balaban J connectivity index is 1.74. The van der Waals surface area contributed by atoms with Crippen LogP contribution in [-0.4, -0.2) is 32.1 Å². The quantitative estimate of drug-likeness (QED) is 0.806. The van der Waals surface area contributed by atoms with Gasteiger partial charge in [-0.2, -0.15) is 0 Å². The second-order valence-corrected chi connectivity index (χ2v) is 7.37. The van der Waals surface area contributed by atoms with E-state index in [0.29, 0.717) is 12.5 Å². The SMILES string of the molecule is CCc1nnc2n1CCN(C(=O)[C@@H]1[C@H](C=C(C)C)C1(C)C)C2. The summed E-state index contributed by atoms with van der Waals surface area (Å²) in [4.78, 5) is 14.9. The molecule has 2 atom stereocenters. The first-order valence-corrected chi connectivity index (χ1v) is 8.21. The Morgan fingerprint density at radius 1 is 1.32 bits per heavy atom. The van der Waals surface area contributed by atoms with Gasteiger partial charge in [-0.3, -0.25) is 4.79 Å². The summed E-state index contributed by atoms with van der Waals surface area (Å²) in [5.74, 6) is 2.71. The molecule has 1 fully saturated rings. The standard InChI is InChI=1S/C17H26N4O/c1-6-13-18-19-14-10-20(7-8-21(13)14)16(22)15-12(9-11(2)3)17(15,4)5/h9,12,15H,6-8,10H2,1-5H3/t12-,15-/m0/s1. The first-order chi connectivity index (χ1) is 10.4. The summed E-state index contributed by atoms with van der Waals surface area (Å²) in [7, 11) is 0. The smallest absolute Gasteiger partial charge is 0.227 e. The van der Waals surface area contributed by atoms with Gasteiger partial charge in [-0.1, -0.05) is 32.4 Å². The summed E-state index contributed by atoms with van der Waals surface area (Å²) >= 11 is 0. The fraction of sp³-hybridized carbons (Fsp3) is 0.706. The topological polar surface area (TPSA) is 51.0 Å². The molecule has 0 radical (unpaired) electrons. The third kappa shape index (κ3) is 2.36. The van der Waals surface area contributed by atoms with Crippen molar-refractivity contribution in [2.75, 3.05) is 6.54 Å². The van der Waals surface area contributed by atoms with Crippen molar-refractivity contribution in [2.24, 2.45) is 17.3 Å². The Hall–Kier alpha value is -1.65. The monoisotopic (exact) mass is 302 g/mol. The van der Waals surface area contributed by atoms with E-state index >= 15 is 0 Å². The van der Waals surface area contributed by atoms with Crippen LogP contribution in [0, 0.1) is 17.3 Å². The van der Waals surface area contributed by atoms with Crippen LogP contribution in [0.25, 0.3) is 0 Å². The molecule has 0 aromatic carbocycles. The fourth-order valence-corrected chi connectivity index (χ4v) is 3.68. The molecule has 2 heterocycles. The summed E-state index contributed by atoms with van der Waals surface area (Å²) in [6.45, 7) is 12.9. The van der Waals surface area contributed by atoms with Gasteiger partial charge in [0.05, 0.1) is 12.5 Å². The molecular weight excluding hydrogens is 276 g/mol. The molecule has 1 aromatic rings. The van der Waals surface area contributed by atoms with Crippen LogP contribution in [0.2, 0.25) is 0 Å². The Bertz CT molecular complexity index is 625. The van der Waals surface area contributed by atoms with E-state index in [1.54, 1.807) is 0 Å². The zero-order valence-corrected chi connectivity index (χ0v) is 14.3. The molecule has 0 unspecified atom stereocenters. The maximum absolute atomic E-state index is 12.9. The molecule has 22 heavy (non-hydrogen) atoms. The minimum atomic E-state index is 0.0774. The first kappa shape index (κ1) is 15.3. The van der Waals surface area contributed by atoms with Crippen molar-refractivity contribution in [2.45, 2.75) is 54.1 Å². The van der Waals surface area contributed by atoms with Gasteiger partial charge in [0, 0.05) is 19.5 Å². The van der Waals surface area contributed by atoms with E-state index in [-0.39, 0.29) is 17.2 Å². The van der Waals surface area contributed by atoms with Gasteiger partial charge >= 0.3 is 0 Å². The number of fused-ring (bicyclic) bond motifs is 1. The minimum Gasteiger partial charge on any atom is -0.333 e. The van der Waals surface area contributed by atoms with Gasteiger partial charge in [0.15, 0.2) is 5.82 Å². The number of nitrogens with zero attached hydrogens (tertiary/aromatic N) is 4. The maximum atomic E-state index is 12.9. The van der Waals surface area contributed by atoms with Crippen molar-refractivity contribution >= 4 is 5.91 Å². The van der Waals surface area contributed by atoms with E-state index in [1.165, 1.54) is 5.57 Å². The third-order valence-corrected chi connectivity index (χ3v) is 5.15. The van der Waals surface area contributed by atoms with Crippen LogP contribution in [-0.2, 0) is 24.3 Å². The minimum absolute atomic E-state index is 0.0774. The molecule has 1 amide bonds. The highest BCUT2D eigenvalue weighted by molar-refractivity contribution is 5.83. The third-order valence-electron chi connectivity index (χ3n) is 5.15.